The molecule has 0 aliphatic heterocycles. The maximum Gasteiger partial charge on any atom is 0.178 e. The number of H-pyrrole nitrogens is 1. The first-order valence-corrected chi connectivity index (χ1v) is 8.56. The summed E-state index contributed by atoms with van der Waals surface area (Å²) < 4.78 is 19.0. The normalized spacial score (nSPS) is 12.3. The number of imidazole rings is 1. The lowest BCUT2D eigenvalue weighted by Crippen LogP contribution is -2.02. The molecule has 5 nitrogen and oxygen atoms in total. The first-order valence-electron chi connectivity index (χ1n) is 8.56. The summed E-state index contributed by atoms with van der Waals surface area (Å²) in [6.07, 6.45) is 0.132. The molecule has 0 aliphatic rings. The second kappa shape index (κ2) is 7.17. The molecule has 27 heavy (non-hydrogen) atoms. The van der Waals surface area contributed by atoms with Gasteiger partial charge in [-0.3, -0.25) is 0 Å². The van der Waals surface area contributed by atoms with E-state index in [1.54, 1.807) is 24.3 Å². The van der Waals surface area contributed by atoms with Gasteiger partial charge in [0.1, 0.15) is 30.1 Å². The standard InChI is InChI=1S/C21H18FN3O2/c1-13-2-4-14(5-3-13)12-27-17-8-6-15(7-9-17)19(26)21-24-18-10-16(22)11-23-20(18)25-21/h2-11,19,26H,12H2,1H3,(H,23,24,25). The number of aromatic nitrogens is 3. The summed E-state index contributed by atoms with van der Waals surface area (Å²) in [7, 11) is 0. The fourth-order valence-corrected chi connectivity index (χ4v) is 2.78. The molecular formula is C21H18FN3O2. The van der Waals surface area contributed by atoms with Gasteiger partial charge in [-0.25, -0.2) is 14.4 Å². The van der Waals surface area contributed by atoms with Gasteiger partial charge in [0, 0.05) is 6.07 Å². The van der Waals surface area contributed by atoms with Crippen LogP contribution in [0.1, 0.15) is 28.6 Å². The number of nitrogens with one attached hydrogen (secondary N) is 1. The number of fused-ring (bicyclic) bond motifs is 1. The molecular weight excluding hydrogens is 345 g/mol. The molecule has 1 unspecified atom stereocenters. The van der Waals surface area contributed by atoms with Gasteiger partial charge in [-0.05, 0) is 30.2 Å². The summed E-state index contributed by atoms with van der Waals surface area (Å²) in [5.74, 6) is 0.568. The molecule has 4 aromatic rings. The molecule has 0 radical (unpaired) electrons. The minimum Gasteiger partial charge on any atom is -0.489 e. The number of hydrogen-bond acceptors (Lipinski definition) is 4. The van der Waals surface area contributed by atoms with Crippen molar-refractivity contribution >= 4 is 11.2 Å². The number of ether oxygens (including phenoxy) is 1. The van der Waals surface area contributed by atoms with Gasteiger partial charge >= 0.3 is 0 Å². The zero-order valence-electron chi connectivity index (χ0n) is 14.7. The quantitative estimate of drug-likeness (QED) is 0.561. The number of aliphatic hydroxyl groups excluding tert-OH is 1. The third kappa shape index (κ3) is 3.80. The molecule has 136 valence electrons. The fourth-order valence-electron chi connectivity index (χ4n) is 2.78. The number of aryl methyl sites for hydroxylation is 1. The summed E-state index contributed by atoms with van der Waals surface area (Å²) in [6.45, 7) is 2.52. The third-order valence-electron chi connectivity index (χ3n) is 4.30. The van der Waals surface area contributed by atoms with Crippen LogP contribution in [0.2, 0.25) is 0 Å². The van der Waals surface area contributed by atoms with Crippen LogP contribution in [0, 0.1) is 12.7 Å². The molecule has 0 saturated heterocycles. The molecule has 2 heterocycles. The monoisotopic (exact) mass is 363 g/mol. The Kier molecular flexibility index (Phi) is 4.56. The van der Waals surface area contributed by atoms with Crippen molar-refractivity contribution in [3.8, 4) is 5.75 Å². The minimum absolute atomic E-state index is 0.316. The van der Waals surface area contributed by atoms with Crippen LogP contribution in [0.25, 0.3) is 11.2 Å². The van der Waals surface area contributed by atoms with E-state index in [1.165, 1.54) is 11.6 Å². The maximum absolute atomic E-state index is 13.2. The van der Waals surface area contributed by atoms with Crippen molar-refractivity contribution in [2.75, 3.05) is 0 Å². The van der Waals surface area contributed by atoms with Crippen molar-refractivity contribution in [3.05, 3.63) is 89.1 Å². The van der Waals surface area contributed by atoms with E-state index < -0.39 is 11.9 Å². The van der Waals surface area contributed by atoms with Crippen molar-refractivity contribution in [2.45, 2.75) is 19.6 Å². The van der Waals surface area contributed by atoms with Crippen molar-refractivity contribution in [1.29, 1.82) is 0 Å². The average molecular weight is 363 g/mol. The molecule has 4 rings (SSSR count). The van der Waals surface area contributed by atoms with Crippen molar-refractivity contribution in [1.82, 2.24) is 15.0 Å². The van der Waals surface area contributed by atoms with Gasteiger partial charge in [-0.1, -0.05) is 42.0 Å². The van der Waals surface area contributed by atoms with Gasteiger partial charge < -0.3 is 14.8 Å². The smallest absolute Gasteiger partial charge is 0.178 e. The number of pyridine rings is 1. The van der Waals surface area contributed by atoms with Crippen molar-refractivity contribution in [2.24, 2.45) is 0 Å². The highest BCUT2D eigenvalue weighted by Gasteiger charge is 2.16. The van der Waals surface area contributed by atoms with Crippen LogP contribution in [-0.4, -0.2) is 20.1 Å². The lowest BCUT2D eigenvalue weighted by molar-refractivity contribution is 0.211. The molecule has 0 amide bonds. The van der Waals surface area contributed by atoms with Crippen molar-refractivity contribution < 1.29 is 14.2 Å². The van der Waals surface area contributed by atoms with E-state index in [-0.39, 0.29) is 0 Å². The number of benzene rings is 2. The van der Waals surface area contributed by atoms with E-state index in [2.05, 4.69) is 15.0 Å². The molecule has 1 atom stereocenters. The summed E-state index contributed by atoms with van der Waals surface area (Å²) in [5, 5.41) is 10.5. The number of rotatable bonds is 5. The second-order valence-electron chi connectivity index (χ2n) is 6.39. The predicted molar refractivity (Wildman–Crippen MR) is 99.9 cm³/mol. The molecule has 2 aromatic heterocycles. The first kappa shape index (κ1) is 17.2. The summed E-state index contributed by atoms with van der Waals surface area (Å²) in [5.41, 5.74) is 3.76. The zero-order chi connectivity index (χ0) is 18.8. The minimum atomic E-state index is -0.964. The highest BCUT2D eigenvalue weighted by Crippen LogP contribution is 2.24. The Hall–Kier alpha value is -3.25. The fraction of sp³-hybridized carbons (Fsp3) is 0.143. The van der Waals surface area contributed by atoms with Crippen LogP contribution >= 0.6 is 0 Å². The molecule has 0 saturated carbocycles. The number of nitrogens with zero attached hydrogens (tertiary/aromatic N) is 2. The topological polar surface area (TPSA) is 71.0 Å². The highest BCUT2D eigenvalue weighted by molar-refractivity contribution is 5.70. The molecule has 6 heteroatoms. The Labute approximate surface area is 155 Å². The average Bonchev–Trinajstić information content (AvgIpc) is 3.10. The van der Waals surface area contributed by atoms with Gasteiger partial charge in [-0.15, -0.1) is 0 Å². The van der Waals surface area contributed by atoms with Gasteiger partial charge in [0.15, 0.2) is 5.65 Å². The SMILES string of the molecule is Cc1ccc(COc2ccc(C(O)c3nc4ncc(F)cc4[nH]3)cc2)cc1. The number of aromatic amines is 1. The van der Waals surface area contributed by atoms with E-state index in [4.69, 9.17) is 4.74 Å². The highest BCUT2D eigenvalue weighted by atomic mass is 19.1. The number of hydrogen-bond donors (Lipinski definition) is 2. The van der Waals surface area contributed by atoms with Crippen LogP contribution in [0.4, 0.5) is 4.39 Å². The largest absolute Gasteiger partial charge is 0.489 e. The van der Waals surface area contributed by atoms with Crippen LogP contribution in [-0.2, 0) is 6.61 Å². The molecule has 2 aromatic carbocycles. The molecule has 2 N–H and O–H groups in total. The van der Waals surface area contributed by atoms with Crippen LogP contribution in [0.3, 0.4) is 0 Å². The zero-order valence-corrected chi connectivity index (χ0v) is 14.7. The molecule has 0 aliphatic carbocycles. The molecule has 0 fully saturated rings. The number of halogens is 1. The summed E-state index contributed by atoms with van der Waals surface area (Å²) >= 11 is 0. The summed E-state index contributed by atoms with van der Waals surface area (Å²) in [6, 6.07) is 16.6. The number of aliphatic hydroxyl groups is 1. The Morgan fingerprint density at radius 3 is 2.59 bits per heavy atom. The Morgan fingerprint density at radius 2 is 1.85 bits per heavy atom. The van der Waals surface area contributed by atoms with Crippen molar-refractivity contribution in [3.63, 3.8) is 0 Å². The van der Waals surface area contributed by atoms with Gasteiger partial charge in [0.05, 0.1) is 11.7 Å². The van der Waals surface area contributed by atoms with Crippen LogP contribution in [0.15, 0.2) is 60.8 Å². The Balaban J connectivity index is 1.46. The Morgan fingerprint density at radius 1 is 1.11 bits per heavy atom. The van der Waals surface area contributed by atoms with Gasteiger partial charge in [0.2, 0.25) is 0 Å². The van der Waals surface area contributed by atoms with E-state index in [1.807, 2.05) is 31.2 Å². The molecule has 0 bridgehead atoms. The van der Waals surface area contributed by atoms with Gasteiger partial charge in [-0.2, -0.15) is 0 Å². The molecule has 0 spiro atoms. The van der Waals surface area contributed by atoms with E-state index in [9.17, 15) is 9.50 Å². The Bertz CT molecular complexity index is 1060. The van der Waals surface area contributed by atoms with E-state index in [0.29, 0.717) is 34.9 Å². The van der Waals surface area contributed by atoms with E-state index in [0.717, 1.165) is 11.8 Å². The van der Waals surface area contributed by atoms with Gasteiger partial charge in [0.25, 0.3) is 0 Å². The van der Waals surface area contributed by atoms with E-state index >= 15 is 0 Å². The summed E-state index contributed by atoms with van der Waals surface area (Å²) in [4.78, 5) is 11.0. The maximum atomic E-state index is 13.2. The predicted octanol–water partition coefficient (Wildman–Crippen LogP) is 4.07. The third-order valence-corrected chi connectivity index (χ3v) is 4.30. The van der Waals surface area contributed by atoms with Crippen LogP contribution in [0.5, 0.6) is 5.75 Å². The lowest BCUT2D eigenvalue weighted by Gasteiger charge is -2.10. The lowest BCUT2D eigenvalue weighted by atomic mass is 10.1. The van der Waals surface area contributed by atoms with Crippen LogP contribution < -0.4 is 4.74 Å². The second-order valence-corrected chi connectivity index (χ2v) is 6.39. The first-order chi connectivity index (χ1) is 13.1.